The molecule has 1 saturated heterocycles. The minimum atomic E-state index is 0. The molecule has 1 aliphatic rings. The second-order valence-corrected chi connectivity index (χ2v) is 7.02. The van der Waals surface area contributed by atoms with Gasteiger partial charge in [-0.05, 0) is 11.5 Å². The number of guanidine groups is 1. The number of benzene rings is 1. The lowest BCUT2D eigenvalue weighted by molar-refractivity contribution is 0.172. The van der Waals surface area contributed by atoms with E-state index in [2.05, 4.69) is 69.4 Å². The predicted octanol–water partition coefficient (Wildman–Crippen LogP) is 3.31. The van der Waals surface area contributed by atoms with Crippen LogP contribution in [0.3, 0.4) is 0 Å². The van der Waals surface area contributed by atoms with Crippen molar-refractivity contribution in [2.45, 2.75) is 32.9 Å². The monoisotopic (exact) mass is 483 g/mol. The number of aromatic nitrogens is 1. The van der Waals surface area contributed by atoms with Crippen LogP contribution in [0.5, 0.6) is 0 Å². The Bertz CT molecular complexity index is 708. The Kier molecular flexibility index (Phi) is 8.56. The van der Waals surface area contributed by atoms with Crippen molar-refractivity contribution in [3.63, 3.8) is 0 Å². The number of nitrogens with zero attached hydrogens (tertiary/aromatic N) is 4. The smallest absolute Gasteiger partial charge is 0.194 e. The fourth-order valence-corrected chi connectivity index (χ4v) is 3.14. The Morgan fingerprint density at radius 3 is 2.48 bits per heavy atom. The Balaban J connectivity index is 0.00000261. The normalized spacial score (nSPS) is 15.7. The zero-order chi connectivity index (χ0) is 18.4. The van der Waals surface area contributed by atoms with Gasteiger partial charge in [0.2, 0.25) is 0 Å². The van der Waals surface area contributed by atoms with E-state index in [9.17, 15) is 0 Å². The molecule has 7 heteroatoms. The average molecular weight is 483 g/mol. The second-order valence-electron chi connectivity index (χ2n) is 7.02. The maximum atomic E-state index is 5.40. The summed E-state index contributed by atoms with van der Waals surface area (Å²) in [5.74, 6) is 2.15. The summed E-state index contributed by atoms with van der Waals surface area (Å²) in [6.07, 6.45) is 0. The summed E-state index contributed by atoms with van der Waals surface area (Å²) in [5, 5.41) is 7.50. The highest BCUT2D eigenvalue weighted by atomic mass is 127. The van der Waals surface area contributed by atoms with Crippen molar-refractivity contribution in [3.8, 4) is 0 Å². The lowest BCUT2D eigenvalue weighted by atomic mass is 10.1. The van der Waals surface area contributed by atoms with E-state index in [1.807, 2.05) is 13.1 Å². The van der Waals surface area contributed by atoms with Crippen molar-refractivity contribution < 1.29 is 4.52 Å². The van der Waals surface area contributed by atoms with Crippen LogP contribution >= 0.6 is 24.0 Å². The lowest BCUT2D eigenvalue weighted by Gasteiger charge is -2.36. The molecule has 2 heterocycles. The van der Waals surface area contributed by atoms with Crippen LogP contribution in [-0.4, -0.2) is 54.1 Å². The average Bonchev–Trinajstić information content (AvgIpc) is 3.14. The molecular formula is C20H30IN5O. The van der Waals surface area contributed by atoms with E-state index in [0.717, 1.165) is 50.1 Å². The van der Waals surface area contributed by atoms with Crippen LogP contribution in [0.25, 0.3) is 0 Å². The predicted molar refractivity (Wildman–Crippen MR) is 119 cm³/mol. The highest BCUT2D eigenvalue weighted by Gasteiger charge is 2.20. The van der Waals surface area contributed by atoms with E-state index in [1.165, 1.54) is 5.56 Å². The molecule has 2 aromatic rings. The van der Waals surface area contributed by atoms with E-state index in [-0.39, 0.29) is 24.0 Å². The van der Waals surface area contributed by atoms with Gasteiger partial charge in [0.05, 0.1) is 12.2 Å². The van der Waals surface area contributed by atoms with Crippen LogP contribution in [0.15, 0.2) is 45.9 Å². The first-order chi connectivity index (χ1) is 12.7. The first kappa shape index (κ1) is 21.7. The fourth-order valence-electron chi connectivity index (χ4n) is 3.14. The summed E-state index contributed by atoms with van der Waals surface area (Å²) in [5.41, 5.74) is 2.36. The molecule has 148 valence electrons. The third kappa shape index (κ3) is 6.21. The Morgan fingerprint density at radius 1 is 1.19 bits per heavy atom. The third-order valence-electron chi connectivity index (χ3n) is 4.72. The minimum Gasteiger partial charge on any atom is -0.359 e. The molecule has 0 bridgehead atoms. The molecule has 1 aromatic heterocycles. The number of hydrogen-bond acceptors (Lipinski definition) is 4. The number of aliphatic imine (C=N–C) groups is 1. The van der Waals surface area contributed by atoms with Gasteiger partial charge in [0.15, 0.2) is 11.7 Å². The van der Waals surface area contributed by atoms with Crippen LogP contribution in [0.2, 0.25) is 0 Å². The molecule has 6 nitrogen and oxygen atoms in total. The third-order valence-corrected chi connectivity index (χ3v) is 4.72. The molecule has 1 N–H and O–H groups in total. The SMILES string of the molecule is CN=C(NCc1cc(C(C)C)no1)N1CCN(Cc2ccccc2)CC1.I. The molecule has 27 heavy (non-hydrogen) atoms. The number of nitrogens with one attached hydrogen (secondary N) is 1. The molecule has 0 spiro atoms. The number of piperazine rings is 1. The molecule has 1 aliphatic heterocycles. The minimum absolute atomic E-state index is 0. The molecule has 0 amide bonds. The summed E-state index contributed by atoms with van der Waals surface area (Å²) in [6.45, 7) is 9.87. The second kappa shape index (κ2) is 10.7. The Hall–Kier alpha value is -1.61. The van der Waals surface area contributed by atoms with E-state index in [1.54, 1.807) is 0 Å². The molecule has 1 fully saturated rings. The van der Waals surface area contributed by atoms with Crippen molar-refractivity contribution in [1.82, 2.24) is 20.3 Å². The highest BCUT2D eigenvalue weighted by molar-refractivity contribution is 14.0. The maximum Gasteiger partial charge on any atom is 0.194 e. The largest absolute Gasteiger partial charge is 0.359 e. The van der Waals surface area contributed by atoms with Gasteiger partial charge in [-0.15, -0.1) is 24.0 Å². The Morgan fingerprint density at radius 2 is 1.89 bits per heavy atom. The Labute approximate surface area is 179 Å². The molecule has 0 atom stereocenters. The maximum absolute atomic E-state index is 5.40. The van der Waals surface area contributed by atoms with Crippen molar-refractivity contribution in [2.24, 2.45) is 4.99 Å². The zero-order valence-corrected chi connectivity index (χ0v) is 18.7. The number of halogens is 1. The first-order valence-electron chi connectivity index (χ1n) is 9.33. The van der Waals surface area contributed by atoms with Gasteiger partial charge in [0.1, 0.15) is 0 Å². The summed E-state index contributed by atoms with van der Waals surface area (Å²) >= 11 is 0. The van der Waals surface area contributed by atoms with Crippen LogP contribution in [0.4, 0.5) is 0 Å². The van der Waals surface area contributed by atoms with Crippen molar-refractivity contribution >= 4 is 29.9 Å². The number of rotatable bonds is 5. The molecule has 1 aromatic carbocycles. The first-order valence-corrected chi connectivity index (χ1v) is 9.33. The summed E-state index contributed by atoms with van der Waals surface area (Å²) in [4.78, 5) is 9.23. The zero-order valence-electron chi connectivity index (χ0n) is 16.4. The van der Waals surface area contributed by atoms with Gasteiger partial charge in [0.25, 0.3) is 0 Å². The van der Waals surface area contributed by atoms with Crippen LogP contribution in [-0.2, 0) is 13.1 Å². The van der Waals surface area contributed by atoms with Gasteiger partial charge in [-0.2, -0.15) is 0 Å². The molecule has 0 saturated carbocycles. The van der Waals surface area contributed by atoms with Gasteiger partial charge < -0.3 is 14.7 Å². The molecule has 0 aliphatic carbocycles. The summed E-state index contributed by atoms with van der Waals surface area (Å²) < 4.78 is 5.40. The summed E-state index contributed by atoms with van der Waals surface area (Å²) in [6, 6.07) is 12.7. The van der Waals surface area contributed by atoms with Crippen molar-refractivity contribution in [1.29, 1.82) is 0 Å². The van der Waals surface area contributed by atoms with Gasteiger partial charge in [0, 0.05) is 45.8 Å². The van der Waals surface area contributed by atoms with Gasteiger partial charge in [-0.25, -0.2) is 0 Å². The van der Waals surface area contributed by atoms with E-state index in [0.29, 0.717) is 12.5 Å². The quantitative estimate of drug-likeness (QED) is 0.402. The summed E-state index contributed by atoms with van der Waals surface area (Å²) in [7, 11) is 1.83. The van der Waals surface area contributed by atoms with Gasteiger partial charge in [-0.3, -0.25) is 9.89 Å². The van der Waals surface area contributed by atoms with Gasteiger partial charge >= 0.3 is 0 Å². The van der Waals surface area contributed by atoms with E-state index >= 15 is 0 Å². The standard InChI is InChI=1S/C20H29N5O.HI/c1-16(2)19-13-18(26-23-19)14-22-20(21-3)25-11-9-24(10-12-25)15-17-7-5-4-6-8-17;/h4-8,13,16H,9-12,14-15H2,1-3H3,(H,21,22);1H. The molecule has 0 radical (unpaired) electrons. The van der Waals surface area contributed by atoms with Crippen LogP contribution in [0, 0.1) is 0 Å². The molecule has 0 unspecified atom stereocenters. The lowest BCUT2D eigenvalue weighted by Crippen LogP contribution is -2.52. The molecular weight excluding hydrogens is 453 g/mol. The number of hydrogen-bond donors (Lipinski definition) is 1. The molecule has 3 rings (SSSR count). The van der Waals surface area contributed by atoms with E-state index < -0.39 is 0 Å². The van der Waals surface area contributed by atoms with Gasteiger partial charge in [-0.1, -0.05) is 49.3 Å². The fraction of sp³-hybridized carbons (Fsp3) is 0.500. The van der Waals surface area contributed by atoms with Crippen molar-refractivity contribution in [2.75, 3.05) is 33.2 Å². The van der Waals surface area contributed by atoms with Crippen LogP contribution < -0.4 is 5.32 Å². The van der Waals surface area contributed by atoms with Crippen LogP contribution in [0.1, 0.15) is 36.8 Å². The van der Waals surface area contributed by atoms with E-state index in [4.69, 9.17) is 4.52 Å². The topological polar surface area (TPSA) is 56.9 Å². The van der Waals surface area contributed by atoms with Crippen molar-refractivity contribution in [3.05, 3.63) is 53.4 Å². The highest BCUT2D eigenvalue weighted by Crippen LogP contribution is 2.14.